The first-order valence-electron chi connectivity index (χ1n) is 12.8. The monoisotopic (exact) mass is 503 g/mol. The van der Waals surface area contributed by atoms with Gasteiger partial charge in [-0.25, -0.2) is 14.6 Å². The van der Waals surface area contributed by atoms with Gasteiger partial charge in [0, 0.05) is 29.6 Å². The van der Waals surface area contributed by atoms with Crippen LogP contribution in [0.15, 0.2) is 29.1 Å². The van der Waals surface area contributed by atoms with Crippen LogP contribution in [0.4, 0.5) is 4.79 Å². The minimum atomic E-state index is -1.90. The largest absolute Gasteiger partial charge is 0.458 e. The van der Waals surface area contributed by atoms with Gasteiger partial charge >= 0.3 is 12.1 Å². The summed E-state index contributed by atoms with van der Waals surface area (Å²) in [5.74, 6) is 0.304. The third-order valence-corrected chi connectivity index (χ3v) is 8.00. The van der Waals surface area contributed by atoms with E-state index in [0.29, 0.717) is 54.6 Å². The van der Waals surface area contributed by atoms with Gasteiger partial charge in [-0.05, 0) is 61.9 Å². The Morgan fingerprint density at radius 1 is 1.22 bits per heavy atom. The number of esters is 1. The lowest BCUT2D eigenvalue weighted by Gasteiger charge is -2.29. The molecule has 3 aliphatic heterocycles. The van der Waals surface area contributed by atoms with Gasteiger partial charge in [-0.3, -0.25) is 4.79 Å². The number of cyclic esters (lactones) is 1. The summed E-state index contributed by atoms with van der Waals surface area (Å²) in [6, 6.07) is 7.10. The zero-order valence-electron chi connectivity index (χ0n) is 21.2. The number of amides is 1. The highest BCUT2D eigenvalue weighted by molar-refractivity contribution is 5.90. The van der Waals surface area contributed by atoms with Crippen LogP contribution in [0.1, 0.15) is 55.9 Å². The first-order chi connectivity index (χ1) is 17.7. The summed E-state index contributed by atoms with van der Waals surface area (Å²) in [4.78, 5) is 44.9. The van der Waals surface area contributed by atoms with Gasteiger partial charge in [-0.1, -0.05) is 13.8 Å². The standard InChI is InChI=1S/C28H29N3O6/c1-4-17-18-11-16(37-27(34)30-9-7-15(2)8-10-30)5-6-22(18)29-24-19(17)13-31-23(24)12-21-20(25(31)32)14-36-26(33)28(21,3)35/h5-6,11-12,15,35H,4,7-10,13-14H2,1-3H3. The van der Waals surface area contributed by atoms with E-state index in [1.807, 2.05) is 19.1 Å². The van der Waals surface area contributed by atoms with E-state index in [0.717, 1.165) is 29.4 Å². The number of pyridine rings is 2. The number of fused-ring (bicyclic) bond motifs is 5. The van der Waals surface area contributed by atoms with Crippen LogP contribution >= 0.6 is 0 Å². The van der Waals surface area contributed by atoms with Gasteiger partial charge in [0.25, 0.3) is 5.56 Å². The van der Waals surface area contributed by atoms with Crippen LogP contribution in [0.5, 0.6) is 5.75 Å². The zero-order chi connectivity index (χ0) is 26.1. The maximum Gasteiger partial charge on any atom is 0.415 e. The lowest BCUT2D eigenvalue weighted by molar-refractivity contribution is -0.169. The van der Waals surface area contributed by atoms with Gasteiger partial charge < -0.3 is 24.0 Å². The highest BCUT2D eigenvalue weighted by Gasteiger charge is 2.43. The number of ether oxygens (including phenoxy) is 2. The highest BCUT2D eigenvalue weighted by Crippen LogP contribution is 2.40. The van der Waals surface area contributed by atoms with Crippen LogP contribution in [-0.2, 0) is 34.7 Å². The molecule has 9 nitrogen and oxygen atoms in total. The van der Waals surface area contributed by atoms with Crippen molar-refractivity contribution in [3.05, 3.63) is 56.9 Å². The lowest BCUT2D eigenvalue weighted by Crippen LogP contribution is -2.42. The molecule has 3 aromatic rings. The number of benzene rings is 1. The van der Waals surface area contributed by atoms with Crippen LogP contribution < -0.4 is 10.3 Å². The summed E-state index contributed by atoms with van der Waals surface area (Å²) in [7, 11) is 0. The van der Waals surface area contributed by atoms with Gasteiger partial charge in [0.2, 0.25) is 0 Å². The maximum atomic E-state index is 13.4. The molecule has 0 saturated carbocycles. The van der Waals surface area contributed by atoms with E-state index < -0.39 is 11.6 Å². The number of likely N-dealkylation sites (tertiary alicyclic amines) is 1. The minimum absolute atomic E-state index is 0.166. The van der Waals surface area contributed by atoms with Crippen molar-refractivity contribution in [2.75, 3.05) is 13.1 Å². The summed E-state index contributed by atoms with van der Waals surface area (Å²) < 4.78 is 12.4. The van der Waals surface area contributed by atoms with Crippen LogP contribution in [0.3, 0.4) is 0 Å². The summed E-state index contributed by atoms with van der Waals surface area (Å²) in [6.45, 7) is 7.14. The van der Waals surface area contributed by atoms with Crippen molar-refractivity contribution in [3.8, 4) is 17.1 Å². The zero-order valence-corrected chi connectivity index (χ0v) is 21.2. The molecule has 1 N–H and O–H groups in total. The van der Waals surface area contributed by atoms with E-state index in [9.17, 15) is 19.5 Å². The predicted octanol–water partition coefficient (Wildman–Crippen LogP) is 3.48. The van der Waals surface area contributed by atoms with Crippen LogP contribution in [-0.4, -0.2) is 44.7 Å². The van der Waals surface area contributed by atoms with Crippen molar-refractivity contribution in [1.82, 2.24) is 14.5 Å². The molecule has 5 heterocycles. The van der Waals surface area contributed by atoms with Crippen molar-refractivity contribution in [1.29, 1.82) is 0 Å². The summed E-state index contributed by atoms with van der Waals surface area (Å²) >= 11 is 0. The molecule has 1 atom stereocenters. The molecular formula is C28H29N3O6. The first kappa shape index (κ1) is 23.7. The Labute approximate surface area is 213 Å². The molecule has 1 fully saturated rings. The van der Waals surface area contributed by atoms with Crippen molar-refractivity contribution >= 4 is 23.0 Å². The van der Waals surface area contributed by atoms with E-state index >= 15 is 0 Å². The number of hydrogen-bond acceptors (Lipinski definition) is 7. The van der Waals surface area contributed by atoms with Gasteiger partial charge in [-0.15, -0.1) is 0 Å². The second-order valence-electron chi connectivity index (χ2n) is 10.4. The van der Waals surface area contributed by atoms with Gasteiger partial charge in [-0.2, -0.15) is 0 Å². The van der Waals surface area contributed by atoms with E-state index in [1.165, 1.54) is 6.92 Å². The molecular weight excluding hydrogens is 474 g/mol. The summed E-state index contributed by atoms with van der Waals surface area (Å²) in [5.41, 5.74) is 2.22. The Balaban J connectivity index is 1.41. The number of carbonyl (C=O) groups excluding carboxylic acids is 2. The van der Waals surface area contributed by atoms with Crippen LogP contribution in [0, 0.1) is 5.92 Å². The van der Waals surface area contributed by atoms with Gasteiger partial charge in [0.15, 0.2) is 5.60 Å². The van der Waals surface area contributed by atoms with Crippen molar-refractivity contribution in [2.24, 2.45) is 5.92 Å². The summed E-state index contributed by atoms with van der Waals surface area (Å²) in [6.07, 6.45) is 2.29. The molecule has 6 rings (SSSR count). The molecule has 2 aromatic heterocycles. The van der Waals surface area contributed by atoms with Crippen molar-refractivity contribution in [3.63, 3.8) is 0 Å². The fraction of sp³-hybridized carbons (Fsp3) is 0.429. The molecule has 192 valence electrons. The van der Waals surface area contributed by atoms with Crippen LogP contribution in [0.2, 0.25) is 0 Å². The molecule has 0 aliphatic carbocycles. The second kappa shape index (κ2) is 8.41. The molecule has 1 aromatic carbocycles. The fourth-order valence-electron chi connectivity index (χ4n) is 5.72. The Hall–Kier alpha value is -3.72. The smallest absolute Gasteiger partial charge is 0.415 e. The van der Waals surface area contributed by atoms with E-state index in [2.05, 4.69) is 6.92 Å². The number of aromatic nitrogens is 2. The Kier molecular flexibility index (Phi) is 5.38. The number of rotatable bonds is 2. The molecule has 1 saturated heterocycles. The number of aryl methyl sites for hydroxylation is 1. The molecule has 0 radical (unpaired) electrons. The predicted molar refractivity (Wildman–Crippen MR) is 135 cm³/mol. The quantitative estimate of drug-likeness (QED) is 0.417. The third-order valence-electron chi connectivity index (χ3n) is 8.00. The third kappa shape index (κ3) is 3.63. The lowest BCUT2D eigenvalue weighted by atomic mass is 9.89. The Morgan fingerprint density at radius 2 is 1.97 bits per heavy atom. The Bertz CT molecular complexity index is 1530. The molecule has 1 amide bonds. The highest BCUT2D eigenvalue weighted by atomic mass is 16.6. The van der Waals surface area contributed by atoms with Gasteiger partial charge in [0.1, 0.15) is 12.4 Å². The number of nitrogens with zero attached hydrogens (tertiary/aromatic N) is 3. The maximum absolute atomic E-state index is 13.4. The Morgan fingerprint density at radius 3 is 2.70 bits per heavy atom. The minimum Gasteiger partial charge on any atom is -0.458 e. The van der Waals surface area contributed by atoms with E-state index in [1.54, 1.807) is 21.6 Å². The number of aliphatic hydroxyl groups is 1. The average Bonchev–Trinajstić information content (AvgIpc) is 3.24. The normalized spacial score (nSPS) is 20.9. The molecule has 0 bridgehead atoms. The number of hydrogen-bond donors (Lipinski definition) is 1. The van der Waals surface area contributed by atoms with Crippen molar-refractivity contribution in [2.45, 2.75) is 58.8 Å². The first-order valence-corrected chi connectivity index (χ1v) is 12.8. The molecule has 1 unspecified atom stereocenters. The number of carbonyl (C=O) groups is 2. The molecule has 37 heavy (non-hydrogen) atoms. The van der Waals surface area contributed by atoms with Crippen LogP contribution in [0.25, 0.3) is 22.3 Å². The average molecular weight is 504 g/mol. The second-order valence-corrected chi connectivity index (χ2v) is 10.4. The molecule has 0 spiro atoms. The van der Waals surface area contributed by atoms with Gasteiger partial charge in [0.05, 0.1) is 29.0 Å². The number of piperidine rings is 1. The van der Waals surface area contributed by atoms with E-state index in [-0.39, 0.29) is 29.4 Å². The summed E-state index contributed by atoms with van der Waals surface area (Å²) in [5, 5.41) is 11.7. The SMILES string of the molecule is CCc1c2c(nc3ccc(OC(=O)N4CCC(C)CC4)cc13)-c1cc3c(c(=O)n1C2)COC(=O)C3(C)O. The topological polar surface area (TPSA) is 111 Å². The fourth-order valence-corrected chi connectivity index (χ4v) is 5.72. The molecule has 3 aliphatic rings. The molecule has 9 heteroatoms. The van der Waals surface area contributed by atoms with Crippen molar-refractivity contribution < 1.29 is 24.2 Å². The van der Waals surface area contributed by atoms with E-state index in [4.69, 9.17) is 14.5 Å².